The number of nitrogens with zero attached hydrogens (tertiary/aromatic N) is 2. The first-order chi connectivity index (χ1) is 11.0. The lowest BCUT2D eigenvalue weighted by Gasteiger charge is -2.26. The maximum absolute atomic E-state index is 12.6. The highest BCUT2D eigenvalue weighted by atomic mass is 35.5. The lowest BCUT2D eigenvalue weighted by atomic mass is 9.91. The van der Waals surface area contributed by atoms with E-state index in [1.54, 1.807) is 0 Å². The molecule has 2 aromatic rings. The second-order valence-corrected chi connectivity index (χ2v) is 6.50. The van der Waals surface area contributed by atoms with Gasteiger partial charge in [0.15, 0.2) is 5.82 Å². The van der Waals surface area contributed by atoms with Gasteiger partial charge in [0.05, 0.1) is 5.56 Å². The zero-order valence-corrected chi connectivity index (χ0v) is 15.2. The molecule has 1 saturated carbocycles. The van der Waals surface area contributed by atoms with Crippen LogP contribution in [-0.2, 0) is 0 Å². The third kappa shape index (κ3) is 3.65. The van der Waals surface area contributed by atoms with E-state index in [2.05, 4.69) is 10.5 Å². The van der Waals surface area contributed by atoms with Crippen LogP contribution in [0, 0.1) is 20.8 Å². The molecular weight excluding hydrogens is 328 g/mol. The van der Waals surface area contributed by atoms with Gasteiger partial charge < -0.3 is 15.6 Å². The molecule has 0 radical (unpaired) electrons. The molecule has 0 spiro atoms. The molecule has 3 rings (SSSR count). The highest BCUT2D eigenvalue weighted by Crippen LogP contribution is 2.22. The molecule has 1 aliphatic rings. The summed E-state index contributed by atoms with van der Waals surface area (Å²) in [6.45, 7) is 5.75. The fraction of sp³-hybridized carbons (Fsp3) is 0.529. The number of rotatable bonds is 3. The molecule has 0 aromatic carbocycles. The van der Waals surface area contributed by atoms with Crippen LogP contribution in [0.25, 0.3) is 5.82 Å². The fourth-order valence-electron chi connectivity index (χ4n) is 3.33. The van der Waals surface area contributed by atoms with E-state index in [0.29, 0.717) is 11.4 Å². The Hall–Kier alpha value is -1.79. The van der Waals surface area contributed by atoms with Gasteiger partial charge in [-0.25, -0.2) is 0 Å². The van der Waals surface area contributed by atoms with Gasteiger partial charge in [-0.3, -0.25) is 9.36 Å². The molecular formula is C17H25ClN4O2. The quantitative estimate of drug-likeness (QED) is 0.889. The summed E-state index contributed by atoms with van der Waals surface area (Å²) in [7, 11) is 0. The number of hydrogen-bond acceptors (Lipinski definition) is 4. The molecule has 132 valence electrons. The zero-order chi connectivity index (χ0) is 16.6. The minimum Gasteiger partial charge on any atom is -0.360 e. The van der Waals surface area contributed by atoms with Crippen molar-refractivity contribution in [2.75, 3.05) is 0 Å². The van der Waals surface area contributed by atoms with Crippen molar-refractivity contribution in [3.63, 3.8) is 0 Å². The molecule has 1 amide bonds. The Balaban J connectivity index is 0.00000208. The van der Waals surface area contributed by atoms with Crippen LogP contribution in [0.4, 0.5) is 0 Å². The first-order valence-corrected chi connectivity index (χ1v) is 8.14. The number of aryl methyl sites for hydroxylation is 2. The van der Waals surface area contributed by atoms with E-state index in [1.807, 2.05) is 37.5 Å². The monoisotopic (exact) mass is 352 g/mol. The van der Waals surface area contributed by atoms with E-state index in [1.165, 1.54) is 0 Å². The molecule has 7 heteroatoms. The Kier molecular flexibility index (Phi) is 5.72. The van der Waals surface area contributed by atoms with Crippen molar-refractivity contribution in [3.05, 3.63) is 34.8 Å². The second-order valence-electron chi connectivity index (χ2n) is 6.50. The minimum atomic E-state index is -0.0231. The predicted octanol–water partition coefficient (Wildman–Crippen LogP) is 2.81. The van der Waals surface area contributed by atoms with Gasteiger partial charge in [-0.2, -0.15) is 0 Å². The Labute approximate surface area is 148 Å². The lowest BCUT2D eigenvalue weighted by Crippen LogP contribution is -2.40. The summed E-state index contributed by atoms with van der Waals surface area (Å²) in [6, 6.07) is 4.27. The third-order valence-corrected chi connectivity index (χ3v) is 4.63. The summed E-state index contributed by atoms with van der Waals surface area (Å²) in [6.07, 6.45) is 3.85. The normalized spacial score (nSPS) is 20.5. The SMILES string of the molecule is Cc1cc(-n2c(C)cc(C(=O)NC3CCC(N)CC3)c2C)no1.Cl. The largest absolute Gasteiger partial charge is 0.360 e. The van der Waals surface area contributed by atoms with Gasteiger partial charge >= 0.3 is 0 Å². The number of aromatic nitrogens is 2. The van der Waals surface area contributed by atoms with Crippen molar-refractivity contribution in [2.45, 2.75) is 58.5 Å². The van der Waals surface area contributed by atoms with Gasteiger partial charge in [0.25, 0.3) is 5.91 Å². The Morgan fingerprint density at radius 1 is 1.25 bits per heavy atom. The van der Waals surface area contributed by atoms with Gasteiger partial charge in [-0.1, -0.05) is 5.16 Å². The first kappa shape index (κ1) is 18.5. The molecule has 0 aliphatic heterocycles. The van der Waals surface area contributed by atoms with Crippen molar-refractivity contribution >= 4 is 18.3 Å². The summed E-state index contributed by atoms with van der Waals surface area (Å²) in [5, 5.41) is 7.19. The molecule has 0 bridgehead atoms. The Bertz CT molecular complexity index is 714. The van der Waals surface area contributed by atoms with Crippen molar-refractivity contribution in [3.8, 4) is 5.82 Å². The van der Waals surface area contributed by atoms with Crippen LogP contribution in [0.2, 0.25) is 0 Å². The van der Waals surface area contributed by atoms with Crippen molar-refractivity contribution in [1.82, 2.24) is 15.0 Å². The van der Waals surface area contributed by atoms with Gasteiger partial charge in [-0.05, 0) is 52.5 Å². The molecule has 2 aromatic heterocycles. The molecule has 0 unspecified atom stereocenters. The van der Waals surface area contributed by atoms with Crippen LogP contribution >= 0.6 is 12.4 Å². The van der Waals surface area contributed by atoms with E-state index in [4.69, 9.17) is 10.3 Å². The molecule has 2 heterocycles. The van der Waals surface area contributed by atoms with Crippen LogP contribution in [0.5, 0.6) is 0 Å². The summed E-state index contributed by atoms with van der Waals surface area (Å²) in [4.78, 5) is 12.6. The average molecular weight is 353 g/mol. The average Bonchev–Trinajstić information content (AvgIpc) is 3.05. The van der Waals surface area contributed by atoms with Crippen LogP contribution in [-0.4, -0.2) is 27.7 Å². The number of amides is 1. The summed E-state index contributed by atoms with van der Waals surface area (Å²) in [5.41, 5.74) is 8.45. The number of nitrogens with two attached hydrogens (primary N) is 1. The lowest BCUT2D eigenvalue weighted by molar-refractivity contribution is 0.0925. The van der Waals surface area contributed by atoms with Gasteiger partial charge in [-0.15, -0.1) is 12.4 Å². The number of halogens is 1. The minimum absolute atomic E-state index is 0. The molecule has 0 atom stereocenters. The fourth-order valence-corrected chi connectivity index (χ4v) is 3.33. The summed E-state index contributed by atoms with van der Waals surface area (Å²) < 4.78 is 7.09. The van der Waals surface area contributed by atoms with Gasteiger partial charge in [0.1, 0.15) is 5.76 Å². The topological polar surface area (TPSA) is 86.1 Å². The van der Waals surface area contributed by atoms with E-state index in [0.717, 1.165) is 42.8 Å². The zero-order valence-electron chi connectivity index (χ0n) is 14.3. The number of carbonyl (C=O) groups excluding carboxylic acids is 1. The van der Waals surface area contributed by atoms with Crippen molar-refractivity contribution in [1.29, 1.82) is 0 Å². The Morgan fingerprint density at radius 2 is 1.92 bits per heavy atom. The molecule has 1 fully saturated rings. The number of carbonyl (C=O) groups is 1. The van der Waals surface area contributed by atoms with E-state index >= 15 is 0 Å². The van der Waals surface area contributed by atoms with E-state index in [9.17, 15) is 4.79 Å². The first-order valence-electron chi connectivity index (χ1n) is 8.14. The molecule has 24 heavy (non-hydrogen) atoms. The van der Waals surface area contributed by atoms with E-state index < -0.39 is 0 Å². The van der Waals surface area contributed by atoms with Crippen LogP contribution in [0.3, 0.4) is 0 Å². The van der Waals surface area contributed by atoms with Crippen LogP contribution in [0.15, 0.2) is 16.7 Å². The third-order valence-electron chi connectivity index (χ3n) is 4.63. The highest BCUT2D eigenvalue weighted by Gasteiger charge is 2.23. The van der Waals surface area contributed by atoms with Crippen LogP contribution in [0.1, 0.15) is 53.2 Å². The maximum atomic E-state index is 12.6. The number of nitrogens with one attached hydrogen (secondary N) is 1. The molecule has 1 aliphatic carbocycles. The van der Waals surface area contributed by atoms with Crippen molar-refractivity contribution < 1.29 is 9.32 Å². The summed E-state index contributed by atoms with van der Waals surface area (Å²) in [5.74, 6) is 1.43. The summed E-state index contributed by atoms with van der Waals surface area (Å²) >= 11 is 0. The molecule has 3 N–H and O–H groups in total. The van der Waals surface area contributed by atoms with Gasteiger partial charge in [0, 0.05) is 29.5 Å². The van der Waals surface area contributed by atoms with Crippen molar-refractivity contribution in [2.24, 2.45) is 5.73 Å². The second kappa shape index (κ2) is 7.40. The molecule has 6 nitrogen and oxygen atoms in total. The Morgan fingerprint density at radius 3 is 2.50 bits per heavy atom. The van der Waals surface area contributed by atoms with E-state index in [-0.39, 0.29) is 30.4 Å². The predicted molar refractivity (Wildman–Crippen MR) is 95.0 cm³/mol. The maximum Gasteiger partial charge on any atom is 0.253 e. The highest BCUT2D eigenvalue weighted by molar-refractivity contribution is 5.96. The standard InChI is InChI=1S/C17H24N4O2.ClH/c1-10-8-15(12(3)21(10)16-9-11(2)23-20-16)17(22)19-14-6-4-13(18)5-7-14;/h8-9,13-14H,4-7,18H2,1-3H3,(H,19,22);1H. The number of hydrogen-bond donors (Lipinski definition) is 2. The van der Waals surface area contributed by atoms with Crippen LogP contribution < -0.4 is 11.1 Å². The smallest absolute Gasteiger partial charge is 0.253 e. The molecule has 0 saturated heterocycles. The van der Waals surface area contributed by atoms with Gasteiger partial charge in [0.2, 0.25) is 0 Å².